The molecule has 31 heavy (non-hydrogen) atoms. The van der Waals surface area contributed by atoms with Crippen LogP contribution in [0.2, 0.25) is 36.3 Å². The van der Waals surface area contributed by atoms with Crippen molar-refractivity contribution >= 4 is 16.1 Å². The fourth-order valence-electron chi connectivity index (χ4n) is 5.42. The van der Waals surface area contributed by atoms with Crippen molar-refractivity contribution in [1.29, 1.82) is 0 Å². The van der Waals surface area contributed by atoms with Crippen molar-refractivity contribution in [2.24, 2.45) is 0 Å². The molecule has 2 saturated heterocycles. The van der Waals surface area contributed by atoms with E-state index in [0.29, 0.717) is 0 Å². The van der Waals surface area contributed by atoms with Crippen molar-refractivity contribution in [2.75, 3.05) is 0 Å². The predicted molar refractivity (Wildman–Crippen MR) is 130 cm³/mol. The summed E-state index contributed by atoms with van der Waals surface area (Å²) < 4.78 is 0. The third kappa shape index (κ3) is 7.86. The Bertz CT molecular complexity index is 613. The molecule has 2 aliphatic carbocycles. The summed E-state index contributed by atoms with van der Waals surface area (Å²) >= 11 is 0. The van der Waals surface area contributed by atoms with E-state index >= 15 is 0 Å². The van der Waals surface area contributed by atoms with Crippen LogP contribution in [0.25, 0.3) is 0 Å². The van der Waals surface area contributed by atoms with E-state index in [1.807, 2.05) is 0 Å². The van der Waals surface area contributed by atoms with Crippen molar-refractivity contribution in [1.82, 2.24) is 0 Å². The molecule has 0 bridgehead atoms. The van der Waals surface area contributed by atoms with E-state index in [-0.39, 0.29) is 46.5 Å². The molecule has 0 nitrogen and oxygen atoms in total. The molecule has 0 atom stereocenters. The Morgan fingerprint density at radius 1 is 0.710 bits per heavy atom. The van der Waals surface area contributed by atoms with Crippen LogP contribution < -0.4 is 24.8 Å². The summed E-state index contributed by atoms with van der Waals surface area (Å²) in [6.07, 6.45) is 23.3. The van der Waals surface area contributed by atoms with Gasteiger partial charge in [-0.3, -0.25) is 12.2 Å². The average molecular weight is 530 g/mol. The summed E-state index contributed by atoms with van der Waals surface area (Å²) in [5.74, 6) is 0. The second kappa shape index (κ2) is 14.8. The molecule has 4 rings (SSSR count). The number of allylic oxidation sites excluding steroid dienone is 8. The van der Waals surface area contributed by atoms with Gasteiger partial charge in [-0.05, 0) is 0 Å². The van der Waals surface area contributed by atoms with Gasteiger partial charge in [-0.25, -0.2) is 22.5 Å². The fourth-order valence-corrected chi connectivity index (χ4v) is 14.5. The van der Waals surface area contributed by atoms with Crippen molar-refractivity contribution in [3.8, 4) is 0 Å². The van der Waals surface area contributed by atoms with Crippen molar-refractivity contribution in [3.05, 3.63) is 45.8 Å². The minimum Gasteiger partial charge on any atom is -1.00 e. The van der Waals surface area contributed by atoms with E-state index in [2.05, 4.69) is 52.0 Å². The molecule has 0 N–H and O–H groups in total. The summed E-state index contributed by atoms with van der Waals surface area (Å²) in [4.78, 5) is 0. The molecule has 172 valence electrons. The van der Waals surface area contributed by atoms with Crippen LogP contribution in [0.3, 0.4) is 0 Å². The summed E-state index contributed by atoms with van der Waals surface area (Å²) in [7, 11) is -1.89. The van der Waals surface area contributed by atoms with Gasteiger partial charge in [0, 0.05) is 16.1 Å². The van der Waals surface area contributed by atoms with Crippen LogP contribution in [0.4, 0.5) is 0 Å². The number of hydrogen-bond acceptors (Lipinski definition) is 0. The first-order valence-electron chi connectivity index (χ1n) is 12.1. The zero-order valence-corrected chi connectivity index (χ0v) is 25.4. The Kier molecular flexibility index (Phi) is 15.2. The molecular formula is C26H42Cl2Si2Ti. The number of rotatable bonds is 8. The van der Waals surface area contributed by atoms with Crippen molar-refractivity contribution < 1.29 is 46.5 Å². The van der Waals surface area contributed by atoms with Crippen molar-refractivity contribution in [2.45, 2.75) is 115 Å². The number of halogens is 2. The smallest absolute Gasteiger partial charge is 1.00 e. The average Bonchev–Trinajstić information content (AvgIpc) is 3.23. The van der Waals surface area contributed by atoms with Gasteiger partial charge in [-0.1, -0.05) is 115 Å². The first kappa shape index (κ1) is 31.7. The van der Waals surface area contributed by atoms with Gasteiger partial charge < -0.3 is 24.8 Å². The third-order valence-electron chi connectivity index (χ3n) is 7.70. The third-order valence-corrected chi connectivity index (χ3v) is 18.5. The van der Waals surface area contributed by atoms with Crippen LogP contribution in [0.15, 0.2) is 33.7 Å². The second-order valence-corrected chi connectivity index (χ2v) is 19.1. The molecule has 0 radical (unpaired) electrons. The number of hydrogen-bond donors (Lipinski definition) is 0. The molecule has 2 fully saturated rings. The summed E-state index contributed by atoms with van der Waals surface area (Å²) in [5.41, 5.74) is 2.94. The quantitative estimate of drug-likeness (QED) is 0.335. The van der Waals surface area contributed by atoms with Crippen LogP contribution in [0.5, 0.6) is 0 Å². The van der Waals surface area contributed by atoms with Gasteiger partial charge in [-0.2, -0.15) is 11.1 Å². The van der Waals surface area contributed by atoms with Gasteiger partial charge in [0.05, 0.1) is 0 Å². The SMILES string of the molecule is CCCC[Si]1(C2=CCC(C)=[C-]2)CCC1.CCCC[Si]1(C2=CCC(C)=[C-]2)CCC1.[Cl-].[Cl-].[Ti+4]. The van der Waals surface area contributed by atoms with E-state index in [0.717, 1.165) is 0 Å². The molecule has 0 saturated carbocycles. The Labute approximate surface area is 222 Å². The van der Waals surface area contributed by atoms with Gasteiger partial charge in [0.25, 0.3) is 0 Å². The number of unbranched alkanes of at least 4 members (excludes halogenated alkanes) is 2. The minimum absolute atomic E-state index is 0. The first-order valence-corrected chi connectivity index (χ1v) is 17.4. The molecule has 0 unspecified atom stereocenters. The van der Waals surface area contributed by atoms with Crippen LogP contribution in [-0.2, 0) is 21.7 Å². The second-order valence-electron chi connectivity index (χ2n) is 9.93. The zero-order valence-electron chi connectivity index (χ0n) is 20.3. The molecule has 0 spiro atoms. The molecule has 0 aromatic heterocycles. The van der Waals surface area contributed by atoms with Gasteiger partial charge in [0.15, 0.2) is 0 Å². The van der Waals surface area contributed by atoms with Crippen LogP contribution in [0, 0.1) is 12.2 Å². The van der Waals surface area contributed by atoms with Gasteiger partial charge in [0.1, 0.15) is 0 Å². The van der Waals surface area contributed by atoms with Crippen LogP contribution in [-0.4, -0.2) is 16.1 Å². The summed E-state index contributed by atoms with van der Waals surface area (Å²) in [6.45, 7) is 9.08. The predicted octanol–water partition coefficient (Wildman–Crippen LogP) is 2.52. The van der Waals surface area contributed by atoms with Crippen molar-refractivity contribution in [3.63, 3.8) is 0 Å². The maximum absolute atomic E-state index is 3.64. The standard InChI is InChI=1S/2C13H21Si.2ClH.Ti/c2*1-3-4-8-14(9-5-10-14)13-7-6-12(2)11-13;;;/h2*7H,3-6,8-10H2,1-2H3;2*1H;/q2*-1;;;+4/p-2. The van der Waals surface area contributed by atoms with E-state index < -0.39 is 16.1 Å². The molecule has 2 heterocycles. The first-order chi connectivity index (χ1) is 13.5. The molecule has 0 aromatic carbocycles. The van der Waals surface area contributed by atoms with Crippen LogP contribution in [0.1, 0.15) is 79.1 Å². The maximum Gasteiger partial charge on any atom is 4.00 e. The molecule has 0 amide bonds. The van der Waals surface area contributed by atoms with E-state index in [4.69, 9.17) is 0 Å². The van der Waals surface area contributed by atoms with Gasteiger partial charge in [-0.15, -0.1) is 0 Å². The molecule has 2 aliphatic heterocycles. The monoisotopic (exact) mass is 528 g/mol. The molecule has 0 aromatic rings. The Morgan fingerprint density at radius 2 is 1.06 bits per heavy atom. The van der Waals surface area contributed by atoms with E-state index in [1.54, 1.807) is 34.6 Å². The Morgan fingerprint density at radius 3 is 1.26 bits per heavy atom. The fraction of sp³-hybridized carbons (Fsp3) is 0.692. The summed E-state index contributed by atoms with van der Waals surface area (Å²) in [6, 6.07) is 9.29. The van der Waals surface area contributed by atoms with Gasteiger partial charge in [0.2, 0.25) is 0 Å². The minimum atomic E-state index is -0.943. The van der Waals surface area contributed by atoms with E-state index in [9.17, 15) is 0 Å². The molecular weight excluding hydrogens is 487 g/mol. The Hall–Kier alpha value is 0.688. The Balaban J connectivity index is 0.000000529. The topological polar surface area (TPSA) is 0 Å². The normalized spacial score (nSPS) is 21.8. The molecule has 4 aliphatic rings. The largest absolute Gasteiger partial charge is 4.00 e. The van der Waals surface area contributed by atoms with E-state index in [1.165, 1.54) is 74.6 Å². The maximum atomic E-state index is 3.64. The summed E-state index contributed by atoms with van der Waals surface area (Å²) in [5, 5.41) is 3.38. The zero-order chi connectivity index (χ0) is 20.0. The van der Waals surface area contributed by atoms with Crippen LogP contribution >= 0.6 is 0 Å². The molecule has 5 heteroatoms. The van der Waals surface area contributed by atoms with Gasteiger partial charge >= 0.3 is 21.7 Å².